The lowest BCUT2D eigenvalue weighted by atomic mass is 9.98. The largest absolute Gasteiger partial charge is 0.309 e. The highest BCUT2D eigenvalue weighted by Gasteiger charge is 2.18. The van der Waals surface area contributed by atoms with Crippen molar-refractivity contribution >= 4 is 31.9 Å². The smallest absolute Gasteiger partial charge is 0.142 e. The van der Waals surface area contributed by atoms with E-state index < -0.39 is 6.04 Å². The predicted molar refractivity (Wildman–Crippen MR) is 79.1 cm³/mol. The molecule has 2 aromatic rings. The van der Waals surface area contributed by atoms with Crippen LogP contribution in [0.5, 0.6) is 0 Å². The molecule has 1 unspecified atom stereocenters. The second-order valence-electron chi connectivity index (χ2n) is 4.07. The molecule has 0 aliphatic heterocycles. The average molecular weight is 391 g/mol. The second-order valence-corrected chi connectivity index (χ2v) is 5.84. The Morgan fingerprint density at radius 2 is 1.84 bits per heavy atom. The van der Waals surface area contributed by atoms with Crippen molar-refractivity contribution in [3.05, 3.63) is 68.1 Å². The zero-order valence-corrected chi connectivity index (χ0v) is 13.2. The van der Waals surface area contributed by atoms with Crippen LogP contribution < -0.4 is 5.32 Å². The normalized spacial score (nSPS) is 12.5. The number of rotatable bonds is 3. The minimum Gasteiger partial charge on any atom is -0.309 e. The summed E-state index contributed by atoms with van der Waals surface area (Å²) in [6, 6.07) is 9.18. The maximum absolute atomic E-state index is 14.1. The molecule has 1 atom stereocenters. The summed E-state index contributed by atoms with van der Waals surface area (Å²) in [5.74, 6) is -0.706. The molecule has 0 saturated heterocycles. The van der Waals surface area contributed by atoms with Crippen LogP contribution in [0.2, 0.25) is 0 Å². The van der Waals surface area contributed by atoms with Gasteiger partial charge in [-0.15, -0.1) is 0 Å². The zero-order valence-electron chi connectivity index (χ0n) is 10.1. The van der Waals surface area contributed by atoms with Gasteiger partial charge in [0.15, 0.2) is 0 Å². The van der Waals surface area contributed by atoms with Crippen molar-refractivity contribution in [3.63, 3.8) is 0 Å². The lowest BCUT2D eigenvalue weighted by molar-refractivity contribution is 0.566. The highest BCUT2D eigenvalue weighted by molar-refractivity contribution is 9.10. The summed E-state index contributed by atoms with van der Waals surface area (Å²) in [5.41, 5.74) is 1.13. The van der Waals surface area contributed by atoms with E-state index in [4.69, 9.17) is 0 Å². The third kappa shape index (κ3) is 3.22. The molecule has 1 nitrogen and oxygen atoms in total. The maximum atomic E-state index is 14.1. The van der Waals surface area contributed by atoms with Gasteiger partial charge in [0.1, 0.15) is 11.6 Å². The molecule has 1 N–H and O–H groups in total. The van der Waals surface area contributed by atoms with Crippen LogP contribution >= 0.6 is 31.9 Å². The first-order chi connectivity index (χ1) is 9.02. The summed E-state index contributed by atoms with van der Waals surface area (Å²) in [6.07, 6.45) is 0. The van der Waals surface area contributed by atoms with Crippen LogP contribution in [-0.4, -0.2) is 7.05 Å². The molecular formula is C14H11Br2F2N. The minimum atomic E-state index is -0.413. The van der Waals surface area contributed by atoms with Gasteiger partial charge in [0.2, 0.25) is 0 Å². The van der Waals surface area contributed by atoms with Gasteiger partial charge in [0, 0.05) is 10.0 Å². The molecule has 0 bridgehead atoms. The third-order valence-electron chi connectivity index (χ3n) is 2.80. The van der Waals surface area contributed by atoms with Gasteiger partial charge < -0.3 is 5.32 Å². The van der Waals surface area contributed by atoms with E-state index in [9.17, 15) is 8.78 Å². The van der Waals surface area contributed by atoms with Crippen molar-refractivity contribution in [1.29, 1.82) is 0 Å². The molecule has 0 saturated carbocycles. The van der Waals surface area contributed by atoms with Crippen LogP contribution in [0.25, 0.3) is 0 Å². The number of hydrogen-bond donors (Lipinski definition) is 1. The Kier molecular flexibility index (Phi) is 4.71. The molecule has 0 amide bonds. The first-order valence-corrected chi connectivity index (χ1v) is 7.18. The Labute approximate surface area is 127 Å². The van der Waals surface area contributed by atoms with Crippen molar-refractivity contribution in [2.75, 3.05) is 7.05 Å². The van der Waals surface area contributed by atoms with Crippen molar-refractivity contribution in [2.24, 2.45) is 0 Å². The van der Waals surface area contributed by atoms with Gasteiger partial charge >= 0.3 is 0 Å². The highest BCUT2D eigenvalue weighted by Crippen LogP contribution is 2.30. The van der Waals surface area contributed by atoms with Crippen LogP contribution in [0.15, 0.2) is 45.3 Å². The van der Waals surface area contributed by atoms with Crippen LogP contribution in [0.4, 0.5) is 8.78 Å². The third-order valence-corrected chi connectivity index (χ3v) is 3.87. The Bertz CT molecular complexity index is 582. The van der Waals surface area contributed by atoms with E-state index in [-0.39, 0.29) is 11.6 Å². The quantitative estimate of drug-likeness (QED) is 0.793. The Hall–Kier alpha value is -0.780. The molecule has 0 aliphatic rings. The monoisotopic (exact) mass is 389 g/mol. The molecule has 0 spiro atoms. The molecule has 0 aliphatic carbocycles. The fraction of sp³-hybridized carbons (Fsp3) is 0.143. The van der Waals surface area contributed by atoms with Crippen molar-refractivity contribution in [1.82, 2.24) is 5.32 Å². The standard InChI is InChI=1S/C14H11Br2F2N/c1-19-14(8-5-9(15)7-10(17)6-8)11-3-2-4-12(16)13(11)18/h2-7,14,19H,1H3. The zero-order chi connectivity index (χ0) is 14.0. The lowest BCUT2D eigenvalue weighted by Gasteiger charge is -2.19. The van der Waals surface area contributed by atoms with Crippen molar-refractivity contribution < 1.29 is 8.78 Å². The Morgan fingerprint density at radius 3 is 2.47 bits per heavy atom. The summed E-state index contributed by atoms with van der Waals surface area (Å²) in [5, 5.41) is 3.01. The van der Waals surface area contributed by atoms with Gasteiger partial charge in [0.25, 0.3) is 0 Å². The van der Waals surface area contributed by atoms with Gasteiger partial charge in [0.05, 0.1) is 10.5 Å². The van der Waals surface area contributed by atoms with Gasteiger partial charge in [-0.05, 0) is 52.8 Å². The molecule has 0 aromatic heterocycles. The first kappa shape index (κ1) is 14.6. The molecule has 5 heteroatoms. The van der Waals surface area contributed by atoms with E-state index in [2.05, 4.69) is 37.2 Å². The first-order valence-electron chi connectivity index (χ1n) is 5.60. The fourth-order valence-electron chi connectivity index (χ4n) is 1.99. The van der Waals surface area contributed by atoms with E-state index in [1.54, 1.807) is 31.3 Å². The van der Waals surface area contributed by atoms with Gasteiger partial charge in [-0.1, -0.05) is 28.1 Å². The SMILES string of the molecule is CNC(c1cc(F)cc(Br)c1)c1cccc(Br)c1F. The Balaban J connectivity index is 2.53. The summed E-state index contributed by atoms with van der Waals surface area (Å²) in [7, 11) is 1.71. The number of halogens is 4. The van der Waals surface area contributed by atoms with E-state index in [1.165, 1.54) is 12.1 Å². The van der Waals surface area contributed by atoms with Crippen LogP contribution in [0, 0.1) is 11.6 Å². The molecule has 19 heavy (non-hydrogen) atoms. The van der Waals surface area contributed by atoms with Crippen molar-refractivity contribution in [2.45, 2.75) is 6.04 Å². The summed E-state index contributed by atoms with van der Waals surface area (Å²) < 4.78 is 28.6. The van der Waals surface area contributed by atoms with Crippen LogP contribution in [-0.2, 0) is 0 Å². The van der Waals surface area contributed by atoms with E-state index in [0.717, 1.165) is 0 Å². The molecule has 0 fully saturated rings. The molecule has 100 valence electrons. The average Bonchev–Trinajstić information content (AvgIpc) is 2.34. The summed E-state index contributed by atoms with van der Waals surface area (Å²) >= 11 is 6.40. The maximum Gasteiger partial charge on any atom is 0.142 e. The minimum absolute atomic E-state index is 0.345. The molecular weight excluding hydrogens is 380 g/mol. The predicted octanol–water partition coefficient (Wildman–Crippen LogP) is 4.80. The second kappa shape index (κ2) is 6.11. The summed E-state index contributed by atoms with van der Waals surface area (Å²) in [6.45, 7) is 0. The topological polar surface area (TPSA) is 12.0 Å². The molecule has 0 radical (unpaired) electrons. The molecule has 2 rings (SSSR count). The van der Waals surface area contributed by atoms with Gasteiger partial charge in [-0.2, -0.15) is 0 Å². The van der Waals surface area contributed by atoms with E-state index in [1.807, 2.05) is 0 Å². The van der Waals surface area contributed by atoms with Gasteiger partial charge in [-0.3, -0.25) is 0 Å². The van der Waals surface area contributed by atoms with E-state index >= 15 is 0 Å². The lowest BCUT2D eigenvalue weighted by Crippen LogP contribution is -2.19. The number of hydrogen-bond acceptors (Lipinski definition) is 1. The molecule has 0 heterocycles. The van der Waals surface area contributed by atoms with E-state index in [0.29, 0.717) is 20.1 Å². The van der Waals surface area contributed by atoms with Gasteiger partial charge in [-0.25, -0.2) is 8.78 Å². The highest BCUT2D eigenvalue weighted by atomic mass is 79.9. The fourth-order valence-corrected chi connectivity index (χ4v) is 2.85. The van der Waals surface area contributed by atoms with Crippen molar-refractivity contribution in [3.8, 4) is 0 Å². The van der Waals surface area contributed by atoms with Crippen LogP contribution in [0.3, 0.4) is 0 Å². The molecule has 2 aromatic carbocycles. The number of benzene rings is 2. The number of nitrogens with one attached hydrogen (secondary N) is 1. The Morgan fingerprint density at radius 1 is 1.11 bits per heavy atom. The van der Waals surface area contributed by atoms with Crippen LogP contribution in [0.1, 0.15) is 17.2 Å². The summed E-state index contributed by atoms with van der Waals surface area (Å²) in [4.78, 5) is 0.